The maximum atomic E-state index is 13.4. The molecule has 0 bridgehead atoms. The number of thioether (sulfide) groups is 1. The Morgan fingerprint density at radius 2 is 1.56 bits per heavy atom. The van der Waals surface area contributed by atoms with Crippen LogP contribution < -0.4 is 19.7 Å². The summed E-state index contributed by atoms with van der Waals surface area (Å²) in [5.74, 6) is 0.903. The zero-order valence-electron chi connectivity index (χ0n) is 18.5. The molecule has 1 unspecified atom stereocenters. The number of benzene rings is 3. The number of rotatable bonds is 7. The van der Waals surface area contributed by atoms with E-state index in [1.54, 1.807) is 74.9 Å². The van der Waals surface area contributed by atoms with Gasteiger partial charge in [-0.3, -0.25) is 14.5 Å². The second kappa shape index (κ2) is 10.6. The number of nitrogens with zero attached hydrogens (tertiary/aromatic N) is 2. The highest BCUT2D eigenvalue weighted by Crippen LogP contribution is 2.36. The van der Waals surface area contributed by atoms with Crippen LogP contribution in [0.15, 0.2) is 77.8 Å². The highest BCUT2D eigenvalue weighted by atomic mass is 35.5. The number of halogens is 1. The third-order valence-electron chi connectivity index (χ3n) is 5.06. The fourth-order valence-electron chi connectivity index (χ4n) is 3.32. The second-order valence-corrected chi connectivity index (χ2v) is 8.94. The van der Waals surface area contributed by atoms with Gasteiger partial charge in [-0.05, 0) is 72.8 Å². The Morgan fingerprint density at radius 3 is 2.15 bits per heavy atom. The Morgan fingerprint density at radius 1 is 0.971 bits per heavy atom. The van der Waals surface area contributed by atoms with Crippen LogP contribution in [0.25, 0.3) is 0 Å². The lowest BCUT2D eigenvalue weighted by Gasteiger charge is -2.17. The number of aliphatic imine (C=N–C) groups is 1. The van der Waals surface area contributed by atoms with E-state index >= 15 is 0 Å². The quantitative estimate of drug-likeness (QED) is 0.466. The predicted octanol–water partition coefficient (Wildman–Crippen LogP) is 5.52. The largest absolute Gasteiger partial charge is 0.497 e. The van der Waals surface area contributed by atoms with Crippen LogP contribution in [-0.2, 0) is 9.59 Å². The van der Waals surface area contributed by atoms with Gasteiger partial charge in [-0.2, -0.15) is 0 Å². The van der Waals surface area contributed by atoms with E-state index in [-0.39, 0.29) is 18.2 Å². The molecule has 1 heterocycles. The van der Waals surface area contributed by atoms with E-state index in [1.807, 2.05) is 12.1 Å². The van der Waals surface area contributed by atoms with Gasteiger partial charge in [0.25, 0.3) is 0 Å². The number of nitrogens with one attached hydrogen (secondary N) is 1. The summed E-state index contributed by atoms with van der Waals surface area (Å²) in [5, 5.41) is 3.26. The van der Waals surface area contributed by atoms with E-state index in [0.717, 1.165) is 0 Å². The van der Waals surface area contributed by atoms with Crippen LogP contribution in [0.3, 0.4) is 0 Å². The Bertz CT molecular complexity index is 1200. The molecule has 3 aromatic carbocycles. The first-order valence-corrected chi connectivity index (χ1v) is 11.7. The Labute approximate surface area is 206 Å². The number of methoxy groups -OCH3 is 2. The van der Waals surface area contributed by atoms with Crippen LogP contribution in [0.4, 0.5) is 17.1 Å². The van der Waals surface area contributed by atoms with Gasteiger partial charge in [-0.25, -0.2) is 4.99 Å². The van der Waals surface area contributed by atoms with Gasteiger partial charge >= 0.3 is 0 Å². The number of hydrogen-bond donors (Lipinski definition) is 1. The van der Waals surface area contributed by atoms with Crippen LogP contribution >= 0.6 is 23.4 Å². The number of hydrogen-bond acceptors (Lipinski definition) is 6. The van der Waals surface area contributed by atoms with Crippen LogP contribution in [-0.4, -0.2) is 36.5 Å². The summed E-state index contributed by atoms with van der Waals surface area (Å²) in [4.78, 5) is 32.3. The first-order chi connectivity index (χ1) is 16.5. The summed E-state index contributed by atoms with van der Waals surface area (Å²) in [5.41, 5.74) is 1.93. The molecule has 34 heavy (non-hydrogen) atoms. The van der Waals surface area contributed by atoms with Crippen molar-refractivity contribution in [3.05, 3.63) is 77.8 Å². The van der Waals surface area contributed by atoms with Crippen molar-refractivity contribution < 1.29 is 19.1 Å². The van der Waals surface area contributed by atoms with Crippen molar-refractivity contribution in [3.63, 3.8) is 0 Å². The minimum atomic E-state index is -0.619. The SMILES string of the molecule is COc1ccc(N=C2SC(CC(=O)Nc3ccc(Cl)cc3)C(=O)N2c2ccc(OC)cc2)cc1. The van der Waals surface area contributed by atoms with Crippen LogP contribution in [0.2, 0.25) is 5.02 Å². The van der Waals surface area contributed by atoms with E-state index in [1.165, 1.54) is 16.7 Å². The number of carbonyl (C=O) groups is 2. The molecule has 174 valence electrons. The molecule has 3 aromatic rings. The molecule has 2 amide bonds. The van der Waals surface area contributed by atoms with Crippen molar-refractivity contribution in [1.82, 2.24) is 0 Å². The van der Waals surface area contributed by atoms with Crippen molar-refractivity contribution in [2.45, 2.75) is 11.7 Å². The fraction of sp³-hybridized carbons (Fsp3) is 0.160. The van der Waals surface area contributed by atoms with E-state index in [0.29, 0.717) is 38.8 Å². The van der Waals surface area contributed by atoms with Gasteiger partial charge in [0.15, 0.2) is 5.17 Å². The van der Waals surface area contributed by atoms with Crippen LogP contribution in [0.5, 0.6) is 11.5 Å². The summed E-state index contributed by atoms with van der Waals surface area (Å²) < 4.78 is 10.4. The van der Waals surface area contributed by atoms with Crippen LogP contribution in [0, 0.1) is 0 Å². The van der Waals surface area contributed by atoms with Crippen molar-refractivity contribution in [2.24, 2.45) is 4.99 Å². The fourth-order valence-corrected chi connectivity index (χ4v) is 4.60. The first-order valence-electron chi connectivity index (χ1n) is 10.4. The molecule has 0 aromatic heterocycles. The molecule has 1 N–H and O–H groups in total. The van der Waals surface area contributed by atoms with Crippen LogP contribution in [0.1, 0.15) is 6.42 Å². The zero-order chi connectivity index (χ0) is 24.1. The maximum Gasteiger partial charge on any atom is 0.247 e. The van der Waals surface area contributed by atoms with Gasteiger partial charge in [-0.1, -0.05) is 23.4 Å². The van der Waals surface area contributed by atoms with E-state index in [2.05, 4.69) is 10.3 Å². The second-order valence-electron chi connectivity index (χ2n) is 7.33. The smallest absolute Gasteiger partial charge is 0.247 e. The Hall–Kier alpha value is -3.49. The van der Waals surface area contributed by atoms with Gasteiger partial charge in [0.05, 0.1) is 25.6 Å². The molecule has 1 saturated heterocycles. The Balaban J connectivity index is 1.58. The molecule has 1 atom stereocenters. The van der Waals surface area contributed by atoms with Crippen molar-refractivity contribution in [1.29, 1.82) is 0 Å². The van der Waals surface area contributed by atoms with Gasteiger partial charge in [-0.15, -0.1) is 0 Å². The maximum absolute atomic E-state index is 13.4. The summed E-state index contributed by atoms with van der Waals surface area (Å²) >= 11 is 7.16. The predicted molar refractivity (Wildman–Crippen MR) is 137 cm³/mol. The average molecular weight is 496 g/mol. The normalized spacial score (nSPS) is 16.6. The Kier molecular flexibility index (Phi) is 7.40. The lowest BCUT2D eigenvalue weighted by molar-refractivity contribution is -0.121. The molecule has 0 aliphatic carbocycles. The number of amides is 2. The molecule has 1 fully saturated rings. The van der Waals surface area contributed by atoms with E-state index < -0.39 is 5.25 Å². The molecule has 0 spiro atoms. The van der Waals surface area contributed by atoms with E-state index in [4.69, 9.17) is 21.1 Å². The number of anilines is 2. The molecule has 4 rings (SSSR count). The topological polar surface area (TPSA) is 80.2 Å². The van der Waals surface area contributed by atoms with Gasteiger partial charge in [0.1, 0.15) is 16.7 Å². The third-order valence-corrected chi connectivity index (χ3v) is 6.45. The summed E-state index contributed by atoms with van der Waals surface area (Å²) in [6.07, 6.45) is 0.000410. The van der Waals surface area contributed by atoms with Crippen molar-refractivity contribution >= 4 is 57.4 Å². The van der Waals surface area contributed by atoms with Crippen molar-refractivity contribution in [3.8, 4) is 11.5 Å². The number of amidine groups is 1. The molecule has 1 aliphatic heterocycles. The van der Waals surface area contributed by atoms with Crippen molar-refractivity contribution in [2.75, 3.05) is 24.4 Å². The number of carbonyl (C=O) groups excluding carboxylic acids is 2. The lowest BCUT2D eigenvalue weighted by atomic mass is 10.2. The zero-order valence-corrected chi connectivity index (χ0v) is 20.1. The molecular formula is C25H22ClN3O4S. The lowest BCUT2D eigenvalue weighted by Crippen LogP contribution is -2.33. The minimum Gasteiger partial charge on any atom is -0.497 e. The van der Waals surface area contributed by atoms with Gasteiger partial charge in [0, 0.05) is 17.1 Å². The summed E-state index contributed by atoms with van der Waals surface area (Å²) in [6, 6.07) is 21.2. The summed E-state index contributed by atoms with van der Waals surface area (Å²) in [7, 11) is 3.18. The monoisotopic (exact) mass is 495 g/mol. The third kappa shape index (κ3) is 5.52. The highest BCUT2D eigenvalue weighted by Gasteiger charge is 2.40. The molecule has 1 aliphatic rings. The standard InChI is InChI=1S/C25H22ClN3O4S/c1-32-20-11-7-18(8-12-20)28-25-29(19-9-13-21(33-2)14-10-19)24(31)22(34-25)15-23(30)27-17-5-3-16(26)4-6-17/h3-14,22H,15H2,1-2H3,(H,27,30). The van der Waals surface area contributed by atoms with Gasteiger partial charge < -0.3 is 14.8 Å². The molecule has 7 nitrogen and oxygen atoms in total. The average Bonchev–Trinajstić information content (AvgIpc) is 3.15. The number of ether oxygens (including phenoxy) is 2. The molecule has 9 heteroatoms. The first kappa shape index (κ1) is 23.7. The molecular weight excluding hydrogens is 474 g/mol. The van der Waals surface area contributed by atoms with E-state index in [9.17, 15) is 9.59 Å². The molecule has 0 radical (unpaired) electrons. The van der Waals surface area contributed by atoms with Gasteiger partial charge in [0.2, 0.25) is 11.8 Å². The summed E-state index contributed by atoms with van der Waals surface area (Å²) in [6.45, 7) is 0. The molecule has 0 saturated carbocycles. The highest BCUT2D eigenvalue weighted by molar-refractivity contribution is 8.16. The minimum absolute atomic E-state index is 0.000410.